The molecule has 1 aromatic rings. The lowest BCUT2D eigenvalue weighted by atomic mass is 10.2. The maximum absolute atomic E-state index is 10.6. The van der Waals surface area contributed by atoms with Crippen LogP contribution in [0.15, 0.2) is 18.2 Å². The Labute approximate surface area is 118 Å². The van der Waals surface area contributed by atoms with Gasteiger partial charge in [-0.15, -0.1) is 0 Å². The van der Waals surface area contributed by atoms with Crippen molar-refractivity contribution in [3.8, 4) is 5.75 Å². The number of aldehydes is 1. The average molecular weight is 283 g/mol. The van der Waals surface area contributed by atoms with Crippen LogP contribution in [0.5, 0.6) is 5.75 Å². The molecule has 0 aliphatic carbocycles. The number of carbonyl (C=O) groups excluding carboxylic acids is 1. The van der Waals surface area contributed by atoms with E-state index < -0.39 is 0 Å². The number of carbonyl (C=O) groups is 1. The predicted molar refractivity (Wildman–Crippen MR) is 76.3 cm³/mol. The first-order chi connectivity index (χ1) is 9.19. The Balaban J connectivity index is 1.76. The molecule has 0 bridgehead atoms. The number of piperazine rings is 1. The third kappa shape index (κ3) is 4.20. The van der Waals surface area contributed by atoms with Crippen molar-refractivity contribution in [2.75, 3.05) is 46.4 Å². The lowest BCUT2D eigenvalue weighted by molar-refractivity contribution is 0.112. The number of ether oxygens (including phenoxy) is 1. The number of halogens is 1. The second kappa shape index (κ2) is 6.89. The molecular formula is C14H19ClN2O2. The Bertz CT molecular complexity index is 431. The Morgan fingerprint density at radius 3 is 2.68 bits per heavy atom. The second-order valence-corrected chi connectivity index (χ2v) is 5.20. The topological polar surface area (TPSA) is 32.8 Å². The van der Waals surface area contributed by atoms with E-state index in [1.165, 1.54) is 0 Å². The Hall–Kier alpha value is -1.10. The van der Waals surface area contributed by atoms with Gasteiger partial charge in [0.25, 0.3) is 0 Å². The average Bonchev–Trinajstić information content (AvgIpc) is 2.41. The van der Waals surface area contributed by atoms with Crippen LogP contribution in [0.2, 0.25) is 5.02 Å². The molecule has 1 aliphatic rings. The number of benzene rings is 1. The van der Waals surface area contributed by atoms with Crippen LogP contribution in [0.4, 0.5) is 0 Å². The van der Waals surface area contributed by atoms with Gasteiger partial charge in [-0.3, -0.25) is 9.69 Å². The molecule has 2 rings (SSSR count). The molecule has 0 amide bonds. The fourth-order valence-electron chi connectivity index (χ4n) is 2.06. The minimum absolute atomic E-state index is 0.437. The molecule has 19 heavy (non-hydrogen) atoms. The van der Waals surface area contributed by atoms with E-state index in [0.717, 1.165) is 39.0 Å². The summed E-state index contributed by atoms with van der Waals surface area (Å²) in [5.74, 6) is 0.713. The Morgan fingerprint density at radius 2 is 2.05 bits per heavy atom. The summed E-state index contributed by atoms with van der Waals surface area (Å²) in [6, 6.07) is 5.15. The lowest BCUT2D eigenvalue weighted by Gasteiger charge is -2.32. The SMILES string of the molecule is CN1CCN(CCOc2ccc(C=O)c(Cl)c2)CC1. The van der Waals surface area contributed by atoms with Crippen LogP contribution < -0.4 is 4.74 Å². The number of nitrogens with zero attached hydrogens (tertiary/aromatic N) is 2. The summed E-state index contributed by atoms with van der Waals surface area (Å²) >= 11 is 5.95. The standard InChI is InChI=1S/C14H19ClN2O2/c1-16-4-6-17(7-5-16)8-9-19-13-3-2-12(11-18)14(15)10-13/h2-3,10-11H,4-9H2,1H3. The van der Waals surface area contributed by atoms with Gasteiger partial charge in [-0.2, -0.15) is 0 Å². The molecule has 5 heteroatoms. The highest BCUT2D eigenvalue weighted by Gasteiger charge is 2.13. The summed E-state index contributed by atoms with van der Waals surface area (Å²) in [6.07, 6.45) is 0.746. The molecule has 0 radical (unpaired) electrons. The fraction of sp³-hybridized carbons (Fsp3) is 0.500. The van der Waals surface area contributed by atoms with Crippen LogP contribution in [0.25, 0.3) is 0 Å². The van der Waals surface area contributed by atoms with Crippen LogP contribution in [0.1, 0.15) is 10.4 Å². The fourth-order valence-corrected chi connectivity index (χ4v) is 2.27. The summed E-state index contributed by atoms with van der Waals surface area (Å²) in [4.78, 5) is 15.4. The Kier molecular flexibility index (Phi) is 5.19. The van der Waals surface area contributed by atoms with E-state index in [1.807, 2.05) is 0 Å². The van der Waals surface area contributed by atoms with Crippen molar-refractivity contribution >= 4 is 17.9 Å². The van der Waals surface area contributed by atoms with Crippen molar-refractivity contribution in [3.63, 3.8) is 0 Å². The van der Waals surface area contributed by atoms with Gasteiger partial charge in [0.05, 0.1) is 5.02 Å². The second-order valence-electron chi connectivity index (χ2n) is 4.79. The van der Waals surface area contributed by atoms with Crippen LogP contribution in [0, 0.1) is 0 Å². The van der Waals surface area contributed by atoms with Gasteiger partial charge >= 0.3 is 0 Å². The molecule has 4 nitrogen and oxygen atoms in total. The zero-order valence-corrected chi connectivity index (χ0v) is 11.9. The van der Waals surface area contributed by atoms with E-state index in [1.54, 1.807) is 18.2 Å². The molecule has 0 spiro atoms. The number of rotatable bonds is 5. The van der Waals surface area contributed by atoms with E-state index in [9.17, 15) is 4.79 Å². The monoisotopic (exact) mass is 282 g/mol. The molecule has 1 saturated heterocycles. The first kappa shape index (κ1) is 14.3. The summed E-state index contributed by atoms with van der Waals surface area (Å²) in [5, 5.41) is 0.437. The van der Waals surface area contributed by atoms with Gasteiger partial charge in [0, 0.05) is 38.3 Å². The highest BCUT2D eigenvalue weighted by molar-refractivity contribution is 6.33. The van der Waals surface area contributed by atoms with Gasteiger partial charge in [0.1, 0.15) is 12.4 Å². The summed E-state index contributed by atoms with van der Waals surface area (Å²) in [7, 11) is 2.14. The predicted octanol–water partition coefficient (Wildman–Crippen LogP) is 1.78. The van der Waals surface area contributed by atoms with Gasteiger partial charge in [0.2, 0.25) is 0 Å². The third-order valence-electron chi connectivity index (χ3n) is 3.37. The molecule has 1 aromatic carbocycles. The summed E-state index contributed by atoms with van der Waals surface area (Å²) in [6.45, 7) is 5.95. The van der Waals surface area contributed by atoms with Gasteiger partial charge in [0.15, 0.2) is 6.29 Å². The first-order valence-corrected chi connectivity index (χ1v) is 6.85. The highest BCUT2D eigenvalue weighted by Crippen LogP contribution is 2.21. The number of hydrogen-bond donors (Lipinski definition) is 0. The van der Waals surface area contributed by atoms with E-state index in [4.69, 9.17) is 16.3 Å². The summed E-state index contributed by atoms with van der Waals surface area (Å²) < 4.78 is 5.66. The molecule has 0 N–H and O–H groups in total. The molecule has 1 fully saturated rings. The van der Waals surface area contributed by atoms with Gasteiger partial charge < -0.3 is 9.64 Å². The van der Waals surface area contributed by atoms with Crippen LogP contribution in [0.3, 0.4) is 0 Å². The van der Waals surface area contributed by atoms with Gasteiger partial charge in [-0.1, -0.05) is 11.6 Å². The molecule has 0 atom stereocenters. The van der Waals surface area contributed by atoms with Crippen molar-refractivity contribution in [3.05, 3.63) is 28.8 Å². The zero-order chi connectivity index (χ0) is 13.7. The third-order valence-corrected chi connectivity index (χ3v) is 3.70. The maximum Gasteiger partial charge on any atom is 0.151 e. The molecular weight excluding hydrogens is 264 g/mol. The van der Waals surface area contributed by atoms with Crippen molar-refractivity contribution in [2.45, 2.75) is 0 Å². The maximum atomic E-state index is 10.6. The molecule has 0 aromatic heterocycles. The van der Waals surface area contributed by atoms with E-state index in [0.29, 0.717) is 22.9 Å². The zero-order valence-electron chi connectivity index (χ0n) is 11.1. The number of likely N-dealkylation sites (N-methyl/N-ethyl adjacent to an activating group) is 1. The number of hydrogen-bond acceptors (Lipinski definition) is 4. The quantitative estimate of drug-likeness (QED) is 0.771. The minimum atomic E-state index is 0.437. The summed E-state index contributed by atoms with van der Waals surface area (Å²) in [5.41, 5.74) is 0.494. The van der Waals surface area contributed by atoms with Crippen molar-refractivity contribution in [1.29, 1.82) is 0 Å². The molecule has 1 heterocycles. The molecule has 0 unspecified atom stereocenters. The molecule has 104 valence electrons. The normalized spacial score (nSPS) is 17.4. The van der Waals surface area contributed by atoms with E-state index >= 15 is 0 Å². The molecule has 0 saturated carbocycles. The van der Waals surface area contributed by atoms with Gasteiger partial charge in [-0.25, -0.2) is 0 Å². The van der Waals surface area contributed by atoms with Gasteiger partial charge in [-0.05, 0) is 25.2 Å². The van der Waals surface area contributed by atoms with Crippen molar-refractivity contribution in [1.82, 2.24) is 9.80 Å². The van der Waals surface area contributed by atoms with Crippen molar-refractivity contribution < 1.29 is 9.53 Å². The van der Waals surface area contributed by atoms with Crippen LogP contribution in [-0.4, -0.2) is 62.5 Å². The smallest absolute Gasteiger partial charge is 0.151 e. The molecule has 1 aliphatic heterocycles. The van der Waals surface area contributed by atoms with Crippen LogP contribution in [-0.2, 0) is 0 Å². The largest absolute Gasteiger partial charge is 0.492 e. The Morgan fingerprint density at radius 1 is 1.32 bits per heavy atom. The van der Waals surface area contributed by atoms with Crippen molar-refractivity contribution in [2.24, 2.45) is 0 Å². The van der Waals surface area contributed by atoms with E-state index in [2.05, 4.69) is 16.8 Å². The first-order valence-electron chi connectivity index (χ1n) is 6.47. The lowest BCUT2D eigenvalue weighted by Crippen LogP contribution is -2.45. The van der Waals surface area contributed by atoms with Crippen LogP contribution >= 0.6 is 11.6 Å². The van der Waals surface area contributed by atoms with E-state index in [-0.39, 0.29) is 0 Å². The minimum Gasteiger partial charge on any atom is -0.492 e. The highest BCUT2D eigenvalue weighted by atomic mass is 35.5.